The number of sulfonamides is 1. The smallest absolute Gasteiger partial charge is 0.453 e. The van der Waals surface area contributed by atoms with Crippen LogP contribution in [0.3, 0.4) is 0 Å². The summed E-state index contributed by atoms with van der Waals surface area (Å²) in [5.74, 6) is -3.19. The molecule has 1 aliphatic heterocycles. The fourth-order valence-corrected chi connectivity index (χ4v) is 8.56. The number of methoxy groups -OCH3 is 1. The molecule has 4 atom stereocenters. The van der Waals surface area contributed by atoms with E-state index in [1.807, 2.05) is 0 Å². The summed E-state index contributed by atoms with van der Waals surface area (Å²) in [6, 6.07) is 17.6. The average Bonchev–Trinajstić information content (AvgIpc) is 3.13. The van der Waals surface area contributed by atoms with Gasteiger partial charge in [-0.3, -0.25) is 4.79 Å². The average molecular weight is 809 g/mol. The number of carbonyl (C=O) groups is 2. The van der Waals surface area contributed by atoms with E-state index in [4.69, 9.17) is 16.3 Å². The number of anilines is 1. The van der Waals surface area contributed by atoms with Crippen molar-refractivity contribution in [2.45, 2.75) is 61.5 Å². The second kappa shape index (κ2) is 17.8. The SMILES string of the molecule is COC(=O)NC(C(=O)Nc1cccc(F)c1CCC1CNCC(C)N1S(=O)(=O)c1ccc(OC(F)(F)F)cc1)C(Cc1ccc(F)cc1)c1ccc(Cl)cc1. The molecule has 3 N–H and O–H groups in total. The van der Waals surface area contributed by atoms with E-state index in [1.54, 1.807) is 43.3 Å². The van der Waals surface area contributed by atoms with Crippen LogP contribution in [0, 0.1) is 11.6 Å². The zero-order chi connectivity index (χ0) is 39.9. The first-order valence-electron chi connectivity index (χ1n) is 17.1. The molecule has 4 unspecified atom stereocenters. The number of piperazine rings is 1. The molecular formula is C38H38ClF5N4O6S. The number of hydrogen-bond acceptors (Lipinski definition) is 7. The van der Waals surface area contributed by atoms with E-state index in [0.717, 1.165) is 31.4 Å². The number of carbonyl (C=O) groups excluding carboxylic acids is 2. The zero-order valence-corrected chi connectivity index (χ0v) is 31.2. The summed E-state index contributed by atoms with van der Waals surface area (Å²) in [5, 5.41) is 8.93. The molecule has 0 radical (unpaired) electrons. The van der Waals surface area contributed by atoms with Gasteiger partial charge in [-0.15, -0.1) is 13.2 Å². The highest BCUT2D eigenvalue weighted by Crippen LogP contribution is 2.32. The molecule has 10 nitrogen and oxygen atoms in total. The van der Waals surface area contributed by atoms with Crippen LogP contribution >= 0.6 is 11.6 Å². The van der Waals surface area contributed by atoms with Crippen LogP contribution in [0.5, 0.6) is 5.75 Å². The number of hydrogen-bond donors (Lipinski definition) is 3. The van der Waals surface area contributed by atoms with Crippen molar-refractivity contribution in [2.24, 2.45) is 0 Å². The maximum atomic E-state index is 15.6. The van der Waals surface area contributed by atoms with E-state index in [-0.39, 0.29) is 48.5 Å². The van der Waals surface area contributed by atoms with Crippen LogP contribution in [-0.4, -0.2) is 69.4 Å². The standard InChI is InChI=1S/C38H38ClF5N4O6S/c1-23-21-45-22-28(48(23)55(51,52)30-17-15-29(16-18-30)54-38(42,43)44)14-19-31-33(41)4-3-5-34(31)46-36(49)35(47-37(50)53-2)32(25-8-10-26(39)11-9-25)20-24-6-12-27(40)13-7-24/h3-13,15-18,23,28,32,35,45H,14,19-22H2,1-2H3,(H,46,49)(H,47,50). The van der Waals surface area contributed by atoms with Crippen LogP contribution < -0.4 is 20.7 Å². The molecule has 55 heavy (non-hydrogen) atoms. The van der Waals surface area contributed by atoms with Crippen molar-refractivity contribution in [3.05, 3.63) is 124 Å². The Morgan fingerprint density at radius 3 is 2.27 bits per heavy atom. The topological polar surface area (TPSA) is 126 Å². The second-order valence-corrected chi connectivity index (χ2v) is 15.2. The number of halogens is 6. The van der Waals surface area contributed by atoms with E-state index < -0.39 is 69.8 Å². The quantitative estimate of drug-likeness (QED) is 0.122. The molecule has 0 aromatic heterocycles. The summed E-state index contributed by atoms with van der Waals surface area (Å²) >= 11 is 6.14. The monoisotopic (exact) mass is 808 g/mol. The van der Waals surface area contributed by atoms with Crippen molar-refractivity contribution in [2.75, 3.05) is 25.5 Å². The number of rotatable bonds is 13. The van der Waals surface area contributed by atoms with Gasteiger partial charge in [0.15, 0.2) is 0 Å². The molecule has 2 amide bonds. The predicted molar refractivity (Wildman–Crippen MR) is 195 cm³/mol. The van der Waals surface area contributed by atoms with Gasteiger partial charge >= 0.3 is 12.5 Å². The van der Waals surface area contributed by atoms with Crippen molar-refractivity contribution in [1.29, 1.82) is 0 Å². The maximum Gasteiger partial charge on any atom is 0.573 e. The number of ether oxygens (including phenoxy) is 2. The summed E-state index contributed by atoms with van der Waals surface area (Å²) in [5.41, 5.74) is 1.40. The molecule has 0 aliphatic carbocycles. The molecule has 0 bridgehead atoms. The van der Waals surface area contributed by atoms with Crippen LogP contribution in [0.1, 0.15) is 36.0 Å². The van der Waals surface area contributed by atoms with Crippen molar-refractivity contribution in [1.82, 2.24) is 14.9 Å². The fourth-order valence-electron chi connectivity index (χ4n) is 6.59. The highest BCUT2D eigenvalue weighted by Gasteiger charge is 2.39. The summed E-state index contributed by atoms with van der Waals surface area (Å²) < 4.78 is 105. The van der Waals surface area contributed by atoms with Crippen molar-refractivity contribution in [3.8, 4) is 5.75 Å². The van der Waals surface area contributed by atoms with Gasteiger partial charge in [0.25, 0.3) is 0 Å². The molecule has 0 saturated carbocycles. The van der Waals surface area contributed by atoms with Crippen LogP contribution in [0.25, 0.3) is 0 Å². The minimum atomic E-state index is -4.95. The van der Waals surface area contributed by atoms with E-state index in [1.165, 1.54) is 34.6 Å². The Morgan fingerprint density at radius 2 is 1.64 bits per heavy atom. The summed E-state index contributed by atoms with van der Waals surface area (Å²) in [6.07, 6.45) is -5.67. The van der Waals surface area contributed by atoms with E-state index in [9.17, 15) is 35.6 Å². The number of amides is 2. The fraction of sp³-hybridized carbons (Fsp3) is 0.316. The van der Waals surface area contributed by atoms with Gasteiger partial charge in [-0.25, -0.2) is 22.0 Å². The van der Waals surface area contributed by atoms with Gasteiger partial charge in [0.1, 0.15) is 23.4 Å². The second-order valence-electron chi connectivity index (χ2n) is 12.9. The predicted octanol–water partition coefficient (Wildman–Crippen LogP) is 7.19. The minimum Gasteiger partial charge on any atom is -0.453 e. The van der Waals surface area contributed by atoms with Crippen molar-refractivity contribution < 1.29 is 49.4 Å². The first-order valence-corrected chi connectivity index (χ1v) is 18.9. The third-order valence-corrected chi connectivity index (χ3v) is 11.5. The summed E-state index contributed by atoms with van der Waals surface area (Å²) in [6.45, 7) is 2.14. The van der Waals surface area contributed by atoms with Gasteiger partial charge < -0.3 is 25.4 Å². The molecule has 5 rings (SSSR count). The van der Waals surface area contributed by atoms with Gasteiger partial charge in [-0.05, 0) is 98.0 Å². The lowest BCUT2D eigenvalue weighted by Gasteiger charge is -2.40. The molecule has 1 saturated heterocycles. The van der Waals surface area contributed by atoms with Gasteiger partial charge in [0.2, 0.25) is 15.9 Å². The molecule has 17 heteroatoms. The molecular weight excluding hydrogens is 771 g/mol. The zero-order valence-electron chi connectivity index (χ0n) is 29.6. The minimum absolute atomic E-state index is 0.0446. The first kappa shape index (κ1) is 41.4. The van der Waals surface area contributed by atoms with E-state index >= 15 is 4.39 Å². The van der Waals surface area contributed by atoms with Crippen LogP contribution in [-0.2, 0) is 32.4 Å². The molecule has 1 fully saturated rings. The lowest BCUT2D eigenvalue weighted by Crippen LogP contribution is -2.58. The molecule has 4 aromatic carbocycles. The lowest BCUT2D eigenvalue weighted by molar-refractivity contribution is -0.274. The van der Waals surface area contributed by atoms with Gasteiger partial charge in [-0.1, -0.05) is 41.9 Å². The van der Waals surface area contributed by atoms with E-state index in [2.05, 4.69) is 20.7 Å². The highest BCUT2D eigenvalue weighted by molar-refractivity contribution is 7.89. The summed E-state index contributed by atoms with van der Waals surface area (Å²) in [7, 11) is -3.11. The maximum absolute atomic E-state index is 15.6. The Morgan fingerprint density at radius 1 is 0.964 bits per heavy atom. The largest absolute Gasteiger partial charge is 0.573 e. The number of alkyl carbamates (subject to hydrolysis) is 1. The van der Waals surface area contributed by atoms with Crippen LogP contribution in [0.15, 0.2) is 95.9 Å². The van der Waals surface area contributed by atoms with Gasteiger partial charge in [-0.2, -0.15) is 4.31 Å². The Bertz CT molecular complexity index is 2060. The van der Waals surface area contributed by atoms with E-state index in [0.29, 0.717) is 16.1 Å². The third-order valence-electron chi connectivity index (χ3n) is 9.16. The molecule has 1 aliphatic rings. The molecule has 1 heterocycles. The number of benzene rings is 4. The van der Waals surface area contributed by atoms with Gasteiger partial charge in [0.05, 0.1) is 12.0 Å². The first-order chi connectivity index (χ1) is 26.0. The third kappa shape index (κ3) is 10.7. The number of nitrogens with zero attached hydrogens (tertiary/aromatic N) is 1. The van der Waals surface area contributed by atoms with Gasteiger partial charge in [0, 0.05) is 47.4 Å². The van der Waals surface area contributed by atoms with Crippen molar-refractivity contribution in [3.63, 3.8) is 0 Å². The Kier molecular flexibility index (Phi) is 13.4. The molecule has 0 spiro atoms. The van der Waals surface area contributed by atoms with Crippen molar-refractivity contribution >= 4 is 39.3 Å². The molecule has 4 aromatic rings. The lowest BCUT2D eigenvalue weighted by atomic mass is 9.85. The van der Waals surface area contributed by atoms with Crippen LogP contribution in [0.4, 0.5) is 32.4 Å². The highest BCUT2D eigenvalue weighted by atomic mass is 35.5. The molecule has 294 valence electrons. The number of alkyl halides is 3. The Balaban J connectivity index is 1.41. The normalized spacial score (nSPS) is 17.5. The Labute approximate surface area is 320 Å². The van der Waals surface area contributed by atoms with Crippen LogP contribution in [0.2, 0.25) is 5.02 Å². The summed E-state index contributed by atoms with van der Waals surface area (Å²) in [4.78, 5) is 26.6. The number of nitrogens with one attached hydrogen (secondary N) is 3. The Hall–Kier alpha value is -4.77.